The third-order valence-corrected chi connectivity index (χ3v) is 3.45. The van der Waals surface area contributed by atoms with E-state index in [2.05, 4.69) is 18.8 Å². The third-order valence-electron chi connectivity index (χ3n) is 2.28. The molecule has 0 saturated carbocycles. The second-order valence-electron chi connectivity index (χ2n) is 4.33. The summed E-state index contributed by atoms with van der Waals surface area (Å²) >= 11 is 1.55. The normalized spacial score (nSPS) is 13.5. The van der Waals surface area contributed by atoms with Crippen molar-refractivity contribution in [1.29, 1.82) is 0 Å². The van der Waals surface area contributed by atoms with Gasteiger partial charge in [0.1, 0.15) is 5.92 Å². The lowest BCUT2D eigenvalue weighted by Gasteiger charge is -2.13. The van der Waals surface area contributed by atoms with Crippen LogP contribution in [0.2, 0.25) is 0 Å². The topological polar surface area (TPSA) is 50.2 Å². The summed E-state index contributed by atoms with van der Waals surface area (Å²) in [6.07, 6.45) is 0. The van der Waals surface area contributed by atoms with Crippen LogP contribution in [0.4, 0.5) is 0 Å². The van der Waals surface area contributed by atoms with E-state index in [0.29, 0.717) is 11.6 Å². The Morgan fingerprint density at radius 1 is 1.40 bits per heavy atom. The van der Waals surface area contributed by atoms with Crippen LogP contribution in [0, 0.1) is 5.92 Å². The Kier molecular flexibility index (Phi) is 3.85. The molecule has 0 aromatic carbocycles. The van der Waals surface area contributed by atoms with E-state index in [9.17, 15) is 4.79 Å². The fraction of sp³-hybridized carbons (Fsp3) is 0.636. The Balaban J connectivity index is 2.97. The molecule has 0 radical (unpaired) electrons. The average molecular weight is 227 g/mol. The number of carboxylic acids is 1. The number of thiazole rings is 1. The number of rotatable bonds is 4. The lowest BCUT2D eigenvalue weighted by Crippen LogP contribution is -2.17. The Bertz CT molecular complexity index is 344. The van der Waals surface area contributed by atoms with Crippen molar-refractivity contribution in [2.24, 2.45) is 5.92 Å². The molecular formula is C11H17NO2S. The molecule has 0 aliphatic heterocycles. The van der Waals surface area contributed by atoms with E-state index in [4.69, 9.17) is 5.11 Å². The number of nitrogens with zero attached hydrogens (tertiary/aromatic N) is 1. The summed E-state index contributed by atoms with van der Waals surface area (Å²) in [5, 5.41) is 12.0. The molecule has 1 atom stereocenters. The fourth-order valence-electron chi connectivity index (χ4n) is 1.46. The zero-order valence-electron chi connectivity index (χ0n) is 9.52. The van der Waals surface area contributed by atoms with E-state index in [1.807, 2.05) is 19.2 Å². The van der Waals surface area contributed by atoms with Crippen LogP contribution in [0.3, 0.4) is 0 Å². The highest BCUT2D eigenvalue weighted by Crippen LogP contribution is 2.28. The van der Waals surface area contributed by atoms with Crippen molar-refractivity contribution in [2.75, 3.05) is 0 Å². The van der Waals surface area contributed by atoms with Crippen LogP contribution in [0.25, 0.3) is 0 Å². The minimum Gasteiger partial charge on any atom is -0.481 e. The molecule has 1 heterocycles. The lowest BCUT2D eigenvalue weighted by atomic mass is 9.93. The van der Waals surface area contributed by atoms with Gasteiger partial charge in [-0.2, -0.15) is 0 Å². The standard InChI is InChI=1S/C11H17NO2S/c1-6(2)9(11(13)14)8-5-15-10(12-8)7(3)4/h5-7,9H,1-4H3,(H,13,14). The average Bonchev–Trinajstić information content (AvgIpc) is 2.51. The molecule has 1 N–H and O–H groups in total. The minimum absolute atomic E-state index is 0.0737. The quantitative estimate of drug-likeness (QED) is 0.860. The molecule has 0 spiro atoms. The zero-order chi connectivity index (χ0) is 11.6. The smallest absolute Gasteiger partial charge is 0.312 e. The molecule has 84 valence electrons. The van der Waals surface area contributed by atoms with E-state index in [-0.39, 0.29) is 5.92 Å². The van der Waals surface area contributed by atoms with E-state index in [0.717, 1.165) is 5.01 Å². The van der Waals surface area contributed by atoms with Gasteiger partial charge in [-0.05, 0) is 5.92 Å². The molecule has 1 unspecified atom stereocenters. The van der Waals surface area contributed by atoms with Crippen molar-refractivity contribution < 1.29 is 9.90 Å². The van der Waals surface area contributed by atoms with Gasteiger partial charge >= 0.3 is 5.97 Å². The Morgan fingerprint density at radius 2 is 2.00 bits per heavy atom. The summed E-state index contributed by atoms with van der Waals surface area (Å²) in [7, 11) is 0. The summed E-state index contributed by atoms with van der Waals surface area (Å²) in [6, 6.07) is 0. The molecule has 4 heteroatoms. The van der Waals surface area contributed by atoms with Gasteiger partial charge in [-0.15, -0.1) is 11.3 Å². The molecule has 0 amide bonds. The summed E-state index contributed by atoms with van der Waals surface area (Å²) in [5.41, 5.74) is 0.700. The SMILES string of the molecule is CC(C)c1nc(C(C(=O)O)C(C)C)cs1. The first kappa shape index (κ1) is 12.2. The largest absolute Gasteiger partial charge is 0.481 e. The van der Waals surface area contributed by atoms with Crippen molar-refractivity contribution in [1.82, 2.24) is 4.98 Å². The van der Waals surface area contributed by atoms with Gasteiger partial charge in [0.15, 0.2) is 0 Å². The van der Waals surface area contributed by atoms with Gasteiger partial charge in [-0.25, -0.2) is 4.98 Å². The molecule has 0 saturated heterocycles. The monoisotopic (exact) mass is 227 g/mol. The van der Waals surface area contributed by atoms with E-state index in [1.165, 1.54) is 0 Å². The number of hydrogen-bond donors (Lipinski definition) is 1. The van der Waals surface area contributed by atoms with Crippen molar-refractivity contribution in [3.05, 3.63) is 16.1 Å². The first-order valence-corrected chi connectivity index (χ1v) is 5.99. The summed E-state index contributed by atoms with van der Waals surface area (Å²) in [5.74, 6) is -0.825. The molecule has 1 aromatic rings. The molecule has 0 fully saturated rings. The Hall–Kier alpha value is -0.900. The fourth-order valence-corrected chi connectivity index (χ4v) is 2.33. The van der Waals surface area contributed by atoms with Gasteiger partial charge in [0, 0.05) is 11.3 Å². The molecule has 0 aliphatic carbocycles. The zero-order valence-corrected chi connectivity index (χ0v) is 10.3. The molecular weight excluding hydrogens is 210 g/mol. The molecule has 1 aromatic heterocycles. The first-order valence-electron chi connectivity index (χ1n) is 5.11. The molecule has 0 aliphatic rings. The Morgan fingerprint density at radius 3 is 2.33 bits per heavy atom. The van der Waals surface area contributed by atoms with Crippen LogP contribution in [0.1, 0.15) is 50.2 Å². The van der Waals surface area contributed by atoms with Crippen LogP contribution >= 0.6 is 11.3 Å². The number of aliphatic carboxylic acids is 1. The van der Waals surface area contributed by atoms with Crippen LogP contribution in [-0.4, -0.2) is 16.1 Å². The van der Waals surface area contributed by atoms with E-state index >= 15 is 0 Å². The number of hydrogen-bond acceptors (Lipinski definition) is 3. The predicted octanol–water partition coefficient (Wildman–Crippen LogP) is 3.09. The van der Waals surface area contributed by atoms with Crippen molar-refractivity contribution in [3.8, 4) is 0 Å². The van der Waals surface area contributed by atoms with Gasteiger partial charge in [-0.1, -0.05) is 27.7 Å². The minimum atomic E-state index is -0.786. The third kappa shape index (κ3) is 2.78. The highest BCUT2D eigenvalue weighted by molar-refractivity contribution is 7.09. The van der Waals surface area contributed by atoms with Gasteiger partial charge in [0.25, 0.3) is 0 Å². The molecule has 15 heavy (non-hydrogen) atoms. The number of aromatic nitrogens is 1. The van der Waals surface area contributed by atoms with Crippen LogP contribution in [-0.2, 0) is 4.79 Å². The lowest BCUT2D eigenvalue weighted by molar-refractivity contribution is -0.139. The number of carboxylic acid groups (broad SMARTS) is 1. The van der Waals surface area contributed by atoms with Crippen molar-refractivity contribution in [3.63, 3.8) is 0 Å². The molecule has 3 nitrogen and oxygen atoms in total. The highest BCUT2D eigenvalue weighted by Gasteiger charge is 2.26. The van der Waals surface area contributed by atoms with Crippen LogP contribution in [0.5, 0.6) is 0 Å². The summed E-state index contributed by atoms with van der Waals surface area (Å²) < 4.78 is 0. The maximum Gasteiger partial charge on any atom is 0.312 e. The number of carbonyl (C=O) groups is 1. The van der Waals surface area contributed by atoms with Gasteiger partial charge < -0.3 is 5.11 Å². The van der Waals surface area contributed by atoms with Crippen LogP contribution in [0.15, 0.2) is 5.38 Å². The maximum absolute atomic E-state index is 11.1. The summed E-state index contributed by atoms with van der Waals surface area (Å²) in [4.78, 5) is 15.5. The summed E-state index contributed by atoms with van der Waals surface area (Å²) in [6.45, 7) is 7.95. The van der Waals surface area contributed by atoms with Crippen molar-refractivity contribution in [2.45, 2.75) is 39.5 Å². The van der Waals surface area contributed by atoms with E-state index in [1.54, 1.807) is 11.3 Å². The first-order chi connectivity index (χ1) is 6.93. The maximum atomic E-state index is 11.1. The predicted molar refractivity (Wildman–Crippen MR) is 61.4 cm³/mol. The Labute approximate surface area is 94.2 Å². The highest BCUT2D eigenvalue weighted by atomic mass is 32.1. The second-order valence-corrected chi connectivity index (χ2v) is 5.21. The van der Waals surface area contributed by atoms with Gasteiger partial charge in [0.05, 0.1) is 10.7 Å². The molecule has 0 bridgehead atoms. The van der Waals surface area contributed by atoms with Crippen molar-refractivity contribution >= 4 is 17.3 Å². The van der Waals surface area contributed by atoms with E-state index < -0.39 is 11.9 Å². The van der Waals surface area contributed by atoms with Gasteiger partial charge in [0.2, 0.25) is 0 Å². The second kappa shape index (κ2) is 4.75. The van der Waals surface area contributed by atoms with Crippen LogP contribution < -0.4 is 0 Å². The van der Waals surface area contributed by atoms with Gasteiger partial charge in [-0.3, -0.25) is 4.79 Å². The molecule has 1 rings (SSSR count).